The van der Waals surface area contributed by atoms with Crippen LogP contribution in [0, 0.1) is 11.3 Å². The largest absolute Gasteiger partial charge is 0.0880 e. The second kappa shape index (κ2) is 7.09. The quantitative estimate of drug-likeness (QED) is 0.512. The van der Waals surface area contributed by atoms with Crippen molar-refractivity contribution in [3.63, 3.8) is 0 Å². The van der Waals surface area contributed by atoms with Crippen LogP contribution in [0.1, 0.15) is 66.7 Å². The van der Waals surface area contributed by atoms with Crippen molar-refractivity contribution in [3.8, 4) is 0 Å². The molecule has 0 fully saturated rings. The van der Waals surface area contributed by atoms with E-state index in [1.807, 2.05) is 0 Å². The highest BCUT2D eigenvalue weighted by Gasteiger charge is 2.03. The third kappa shape index (κ3) is 9.83. The summed E-state index contributed by atoms with van der Waals surface area (Å²) in [4.78, 5) is 0. The van der Waals surface area contributed by atoms with E-state index < -0.39 is 0 Å². The van der Waals surface area contributed by atoms with Gasteiger partial charge in [0, 0.05) is 0 Å². The minimum Gasteiger partial charge on any atom is -0.0880 e. The molecule has 0 heteroatoms. The predicted molar refractivity (Wildman–Crippen MR) is 66.5 cm³/mol. The lowest BCUT2D eigenvalue weighted by molar-refractivity contribution is 0.473. The summed E-state index contributed by atoms with van der Waals surface area (Å²) in [5.74, 6) is 0.902. The second-order valence-electron chi connectivity index (χ2n) is 5.59. The number of hydrogen-bond acceptors (Lipinski definition) is 0. The molecule has 14 heavy (non-hydrogen) atoms. The first kappa shape index (κ1) is 13.7. The first-order valence-corrected chi connectivity index (χ1v) is 6.13. The van der Waals surface area contributed by atoms with Crippen LogP contribution >= 0.6 is 0 Å². The molecule has 0 aliphatic carbocycles. The van der Waals surface area contributed by atoms with Gasteiger partial charge in [-0.25, -0.2) is 0 Å². The van der Waals surface area contributed by atoms with Crippen molar-refractivity contribution in [1.29, 1.82) is 0 Å². The number of allylic oxidation sites excluding steroid dienone is 2. The Labute approximate surface area is 90.8 Å². The maximum absolute atomic E-state index is 2.38. The molecule has 0 aromatic carbocycles. The zero-order chi connectivity index (χ0) is 11.0. The Morgan fingerprint density at radius 3 is 2.29 bits per heavy atom. The van der Waals surface area contributed by atoms with Crippen LogP contribution in [0.3, 0.4) is 0 Å². The molecule has 1 unspecified atom stereocenters. The van der Waals surface area contributed by atoms with Gasteiger partial charge in [0.25, 0.3) is 0 Å². The molecule has 84 valence electrons. The molecule has 0 amide bonds. The van der Waals surface area contributed by atoms with E-state index in [9.17, 15) is 0 Å². The molecule has 0 N–H and O–H groups in total. The van der Waals surface area contributed by atoms with Crippen LogP contribution in [-0.4, -0.2) is 0 Å². The van der Waals surface area contributed by atoms with Crippen LogP contribution < -0.4 is 0 Å². The van der Waals surface area contributed by atoms with Gasteiger partial charge in [-0.15, -0.1) is 0 Å². The van der Waals surface area contributed by atoms with E-state index in [-0.39, 0.29) is 0 Å². The van der Waals surface area contributed by atoms with E-state index in [2.05, 4.69) is 46.8 Å². The summed E-state index contributed by atoms with van der Waals surface area (Å²) in [7, 11) is 0. The van der Waals surface area contributed by atoms with Gasteiger partial charge < -0.3 is 0 Å². The minimum absolute atomic E-state index is 0.354. The fourth-order valence-electron chi connectivity index (χ4n) is 1.51. The summed E-state index contributed by atoms with van der Waals surface area (Å²) in [6.07, 6.45) is 11.4. The highest BCUT2D eigenvalue weighted by molar-refractivity contribution is 4.92. The third-order valence-electron chi connectivity index (χ3n) is 2.49. The van der Waals surface area contributed by atoms with Crippen molar-refractivity contribution >= 4 is 0 Å². The Balaban J connectivity index is 3.48. The van der Waals surface area contributed by atoms with Crippen LogP contribution in [0.2, 0.25) is 0 Å². The smallest absolute Gasteiger partial charge is 0.0203 e. The molecule has 0 spiro atoms. The Kier molecular flexibility index (Phi) is 6.96. The zero-order valence-corrected chi connectivity index (χ0v) is 10.8. The monoisotopic (exact) mass is 196 g/mol. The Hall–Kier alpha value is -0.260. The van der Waals surface area contributed by atoms with Crippen LogP contribution in [0.15, 0.2) is 12.2 Å². The van der Waals surface area contributed by atoms with E-state index in [0.717, 1.165) is 5.92 Å². The summed E-state index contributed by atoms with van der Waals surface area (Å²) in [5, 5.41) is 0. The SMILES string of the molecule is CCCCC(C)CCC=CC(C)(C)C. The van der Waals surface area contributed by atoms with Gasteiger partial charge in [-0.2, -0.15) is 0 Å². The van der Waals surface area contributed by atoms with E-state index in [0.29, 0.717) is 5.41 Å². The summed E-state index contributed by atoms with van der Waals surface area (Å²) < 4.78 is 0. The zero-order valence-electron chi connectivity index (χ0n) is 10.8. The van der Waals surface area contributed by atoms with E-state index in [1.54, 1.807) is 0 Å². The lowest BCUT2D eigenvalue weighted by Gasteiger charge is -2.12. The van der Waals surface area contributed by atoms with Gasteiger partial charge in [-0.05, 0) is 24.2 Å². The molecule has 0 nitrogen and oxygen atoms in total. The number of hydrogen-bond donors (Lipinski definition) is 0. The van der Waals surface area contributed by atoms with Gasteiger partial charge in [0.05, 0.1) is 0 Å². The van der Waals surface area contributed by atoms with Crippen molar-refractivity contribution in [2.45, 2.75) is 66.7 Å². The number of unbranched alkanes of at least 4 members (excludes halogenated alkanes) is 1. The van der Waals surface area contributed by atoms with Gasteiger partial charge in [-0.1, -0.05) is 66.0 Å². The van der Waals surface area contributed by atoms with Gasteiger partial charge >= 0.3 is 0 Å². The van der Waals surface area contributed by atoms with Crippen LogP contribution in [0.4, 0.5) is 0 Å². The fourth-order valence-corrected chi connectivity index (χ4v) is 1.51. The molecule has 0 radical (unpaired) electrons. The topological polar surface area (TPSA) is 0 Å². The van der Waals surface area contributed by atoms with Crippen LogP contribution in [0.5, 0.6) is 0 Å². The van der Waals surface area contributed by atoms with Crippen molar-refractivity contribution in [1.82, 2.24) is 0 Å². The van der Waals surface area contributed by atoms with Crippen molar-refractivity contribution in [2.75, 3.05) is 0 Å². The third-order valence-corrected chi connectivity index (χ3v) is 2.49. The molecule has 0 bridgehead atoms. The van der Waals surface area contributed by atoms with Gasteiger partial charge in [0.2, 0.25) is 0 Å². The van der Waals surface area contributed by atoms with Crippen LogP contribution in [-0.2, 0) is 0 Å². The highest BCUT2D eigenvalue weighted by Crippen LogP contribution is 2.17. The molecule has 0 heterocycles. The van der Waals surface area contributed by atoms with Gasteiger partial charge in [0.15, 0.2) is 0 Å². The molecular formula is C14H28. The molecule has 0 saturated heterocycles. The fraction of sp³-hybridized carbons (Fsp3) is 0.857. The minimum atomic E-state index is 0.354. The second-order valence-corrected chi connectivity index (χ2v) is 5.59. The summed E-state index contributed by atoms with van der Waals surface area (Å²) in [5.41, 5.74) is 0.354. The molecule has 0 saturated carbocycles. The molecule has 0 rings (SSSR count). The van der Waals surface area contributed by atoms with E-state index in [1.165, 1.54) is 32.1 Å². The highest BCUT2D eigenvalue weighted by atomic mass is 14.1. The first-order chi connectivity index (χ1) is 6.45. The molecule has 1 atom stereocenters. The molecule has 0 aromatic rings. The van der Waals surface area contributed by atoms with Crippen molar-refractivity contribution in [3.05, 3.63) is 12.2 Å². The van der Waals surface area contributed by atoms with Crippen molar-refractivity contribution in [2.24, 2.45) is 11.3 Å². The Bertz CT molecular complexity index is 148. The maximum atomic E-state index is 2.38. The Morgan fingerprint density at radius 1 is 1.14 bits per heavy atom. The van der Waals surface area contributed by atoms with E-state index in [4.69, 9.17) is 0 Å². The summed E-state index contributed by atoms with van der Waals surface area (Å²) in [6, 6.07) is 0. The average molecular weight is 196 g/mol. The first-order valence-electron chi connectivity index (χ1n) is 6.13. The predicted octanol–water partition coefficient (Wildman–Crippen LogP) is 5.20. The standard InChI is InChI=1S/C14H28/c1-6-7-10-13(2)11-8-9-12-14(3,4)5/h9,12-13H,6-8,10-11H2,1-5H3. The lowest BCUT2D eigenvalue weighted by atomic mass is 9.94. The Morgan fingerprint density at radius 2 is 1.79 bits per heavy atom. The molecule has 0 aromatic heterocycles. The normalized spacial score (nSPS) is 14.9. The van der Waals surface area contributed by atoms with Gasteiger partial charge in [-0.3, -0.25) is 0 Å². The van der Waals surface area contributed by atoms with Gasteiger partial charge in [0.1, 0.15) is 0 Å². The van der Waals surface area contributed by atoms with Crippen LogP contribution in [0.25, 0.3) is 0 Å². The lowest BCUT2D eigenvalue weighted by Crippen LogP contribution is -1.99. The average Bonchev–Trinajstić information content (AvgIpc) is 2.07. The summed E-state index contributed by atoms with van der Waals surface area (Å²) >= 11 is 0. The number of rotatable bonds is 6. The van der Waals surface area contributed by atoms with Crippen molar-refractivity contribution < 1.29 is 0 Å². The van der Waals surface area contributed by atoms with E-state index >= 15 is 0 Å². The molecular weight excluding hydrogens is 168 g/mol. The maximum Gasteiger partial charge on any atom is -0.0203 e. The molecule has 0 aliphatic rings. The molecule has 0 aliphatic heterocycles. The summed E-state index contributed by atoms with van der Waals surface area (Å²) in [6.45, 7) is 11.4.